The second-order valence-corrected chi connectivity index (χ2v) is 6.79. The molecule has 0 saturated carbocycles. The first kappa shape index (κ1) is 19.6. The predicted octanol–water partition coefficient (Wildman–Crippen LogP) is 2.29. The zero-order valence-electron chi connectivity index (χ0n) is 15.5. The van der Waals surface area contributed by atoms with Crippen molar-refractivity contribution < 1.29 is 9.13 Å². The molecule has 0 amide bonds. The molecule has 1 aromatic heterocycles. The highest BCUT2D eigenvalue weighted by Crippen LogP contribution is 2.17. The van der Waals surface area contributed by atoms with Gasteiger partial charge in [-0.1, -0.05) is 17.7 Å². The molecule has 0 bridgehead atoms. The maximum Gasteiger partial charge on any atom is 0.191 e. The zero-order valence-corrected chi connectivity index (χ0v) is 16.3. The zero-order chi connectivity index (χ0) is 19.2. The van der Waals surface area contributed by atoms with Crippen molar-refractivity contribution in [3.63, 3.8) is 0 Å². The van der Waals surface area contributed by atoms with Crippen LogP contribution in [0.15, 0.2) is 23.2 Å². The van der Waals surface area contributed by atoms with E-state index < -0.39 is 5.82 Å². The largest absolute Gasteiger partial charge is 0.377 e. The molecule has 3 rings (SSSR count). The highest BCUT2D eigenvalue weighted by molar-refractivity contribution is 6.30. The maximum atomic E-state index is 13.3. The number of hydrogen-bond acceptors (Lipinski definition) is 4. The molecule has 0 saturated heterocycles. The van der Waals surface area contributed by atoms with Gasteiger partial charge in [0.05, 0.1) is 18.1 Å². The summed E-state index contributed by atoms with van der Waals surface area (Å²) < 4.78 is 20.3. The van der Waals surface area contributed by atoms with Crippen molar-refractivity contribution >= 4 is 17.6 Å². The van der Waals surface area contributed by atoms with E-state index >= 15 is 0 Å². The number of ether oxygens (including phenoxy) is 1. The van der Waals surface area contributed by atoms with E-state index in [-0.39, 0.29) is 11.1 Å². The minimum atomic E-state index is -0.423. The summed E-state index contributed by atoms with van der Waals surface area (Å²) in [6.07, 6.45) is 1.79. The van der Waals surface area contributed by atoms with Gasteiger partial charge >= 0.3 is 0 Å². The van der Waals surface area contributed by atoms with Crippen molar-refractivity contribution in [2.45, 2.75) is 45.5 Å². The van der Waals surface area contributed by atoms with Crippen molar-refractivity contribution in [3.8, 4) is 0 Å². The Balaban J connectivity index is 1.64. The third kappa shape index (κ3) is 5.17. The van der Waals surface area contributed by atoms with Gasteiger partial charge in [-0.3, -0.25) is 0 Å². The maximum absolute atomic E-state index is 13.3. The fraction of sp³-hybridized carbons (Fsp3) is 0.500. The lowest BCUT2D eigenvalue weighted by Crippen LogP contribution is -2.47. The van der Waals surface area contributed by atoms with E-state index in [0.29, 0.717) is 24.9 Å². The van der Waals surface area contributed by atoms with Crippen molar-refractivity contribution in [2.75, 3.05) is 13.7 Å². The van der Waals surface area contributed by atoms with Gasteiger partial charge < -0.3 is 15.4 Å². The van der Waals surface area contributed by atoms with Crippen LogP contribution in [0.25, 0.3) is 0 Å². The van der Waals surface area contributed by atoms with E-state index in [1.54, 1.807) is 19.2 Å². The molecule has 2 heterocycles. The lowest BCUT2D eigenvalue weighted by atomic mass is 10.1. The van der Waals surface area contributed by atoms with Crippen LogP contribution in [-0.2, 0) is 30.9 Å². The third-order valence-electron chi connectivity index (χ3n) is 4.26. The fourth-order valence-corrected chi connectivity index (χ4v) is 3.19. The number of aromatic nitrogens is 3. The molecular formula is C18H24ClFN6O. The molecule has 0 spiro atoms. The molecule has 1 aliphatic rings. The minimum absolute atomic E-state index is 0.110. The number of methoxy groups -OCH3 is 1. The summed E-state index contributed by atoms with van der Waals surface area (Å²) in [6.45, 7) is 4.31. The van der Waals surface area contributed by atoms with E-state index in [2.05, 4.69) is 25.7 Å². The SMILES string of the molecule is CCNC(=NCc1ccc(F)c(Cl)c1)NC1CCc2nc(COC)nn2C1. The summed E-state index contributed by atoms with van der Waals surface area (Å²) in [4.78, 5) is 9.08. The Morgan fingerprint density at radius 1 is 1.48 bits per heavy atom. The Kier molecular flexibility index (Phi) is 6.63. The van der Waals surface area contributed by atoms with Crippen LogP contribution in [0.5, 0.6) is 0 Å². The van der Waals surface area contributed by atoms with Crippen LogP contribution in [0.3, 0.4) is 0 Å². The Hall–Kier alpha value is -2.19. The monoisotopic (exact) mass is 394 g/mol. The number of benzene rings is 1. The lowest BCUT2D eigenvalue weighted by Gasteiger charge is -2.25. The molecule has 2 aromatic rings. The number of fused-ring (bicyclic) bond motifs is 1. The molecule has 2 N–H and O–H groups in total. The average Bonchev–Trinajstić information content (AvgIpc) is 3.04. The van der Waals surface area contributed by atoms with Crippen molar-refractivity contribution in [1.29, 1.82) is 0 Å². The molecule has 0 aliphatic carbocycles. The number of nitrogens with one attached hydrogen (secondary N) is 2. The molecular weight excluding hydrogens is 371 g/mol. The van der Waals surface area contributed by atoms with Crippen LogP contribution >= 0.6 is 11.6 Å². The van der Waals surface area contributed by atoms with Gasteiger partial charge in [0.25, 0.3) is 0 Å². The fourth-order valence-electron chi connectivity index (χ4n) is 2.99. The Labute approximate surface area is 163 Å². The van der Waals surface area contributed by atoms with Gasteiger partial charge in [-0.2, -0.15) is 5.10 Å². The molecule has 7 nitrogen and oxygen atoms in total. The van der Waals surface area contributed by atoms with Gasteiger partial charge in [0.15, 0.2) is 11.8 Å². The molecule has 146 valence electrons. The van der Waals surface area contributed by atoms with Gasteiger partial charge in [-0.15, -0.1) is 0 Å². The summed E-state index contributed by atoms with van der Waals surface area (Å²) in [5.74, 6) is 1.99. The Morgan fingerprint density at radius 2 is 2.33 bits per heavy atom. The van der Waals surface area contributed by atoms with Crippen molar-refractivity contribution in [3.05, 3.63) is 46.3 Å². The van der Waals surface area contributed by atoms with Crippen LogP contribution in [-0.4, -0.2) is 40.4 Å². The first-order valence-corrected chi connectivity index (χ1v) is 9.37. The number of aliphatic imine (C=N–C) groups is 1. The first-order chi connectivity index (χ1) is 13.1. The average molecular weight is 395 g/mol. The smallest absolute Gasteiger partial charge is 0.191 e. The highest BCUT2D eigenvalue weighted by Gasteiger charge is 2.22. The number of rotatable bonds is 6. The van der Waals surface area contributed by atoms with E-state index in [1.165, 1.54) is 6.07 Å². The van der Waals surface area contributed by atoms with Gasteiger partial charge in [0, 0.05) is 26.1 Å². The van der Waals surface area contributed by atoms with Crippen molar-refractivity contribution in [2.24, 2.45) is 4.99 Å². The number of nitrogens with zero attached hydrogens (tertiary/aromatic N) is 4. The topological polar surface area (TPSA) is 76.4 Å². The molecule has 1 atom stereocenters. The normalized spacial score (nSPS) is 16.9. The van der Waals surface area contributed by atoms with Gasteiger partial charge in [-0.05, 0) is 31.0 Å². The van der Waals surface area contributed by atoms with Crippen LogP contribution in [0.2, 0.25) is 5.02 Å². The summed E-state index contributed by atoms with van der Waals surface area (Å²) in [7, 11) is 1.64. The van der Waals surface area contributed by atoms with E-state index in [9.17, 15) is 4.39 Å². The summed E-state index contributed by atoms with van der Waals surface area (Å²) in [6, 6.07) is 4.85. The van der Waals surface area contributed by atoms with Gasteiger partial charge in [0.1, 0.15) is 18.2 Å². The van der Waals surface area contributed by atoms with E-state index in [4.69, 9.17) is 16.3 Å². The number of hydrogen-bond donors (Lipinski definition) is 2. The molecule has 0 fully saturated rings. The third-order valence-corrected chi connectivity index (χ3v) is 4.55. The van der Waals surface area contributed by atoms with Crippen LogP contribution in [0, 0.1) is 5.82 Å². The molecule has 1 aliphatic heterocycles. The minimum Gasteiger partial charge on any atom is -0.377 e. The highest BCUT2D eigenvalue weighted by atomic mass is 35.5. The summed E-state index contributed by atoms with van der Waals surface area (Å²) in [5, 5.41) is 11.3. The van der Waals surface area contributed by atoms with Crippen LogP contribution in [0.4, 0.5) is 4.39 Å². The molecule has 9 heteroatoms. The second kappa shape index (κ2) is 9.14. The van der Waals surface area contributed by atoms with Gasteiger partial charge in [0.2, 0.25) is 0 Å². The number of halogens is 2. The summed E-state index contributed by atoms with van der Waals surface area (Å²) >= 11 is 5.84. The standard InChI is InChI=1S/C18H24ClFN6O/c1-3-21-18(22-9-12-4-6-15(20)14(19)8-12)23-13-5-7-17-24-16(11-27-2)25-26(17)10-13/h4,6,8,13H,3,5,7,9-11H2,1-2H3,(H2,21,22,23). The number of guanidine groups is 1. The second-order valence-electron chi connectivity index (χ2n) is 6.38. The van der Waals surface area contributed by atoms with Crippen LogP contribution in [0.1, 0.15) is 30.6 Å². The first-order valence-electron chi connectivity index (χ1n) is 8.99. The predicted molar refractivity (Wildman–Crippen MR) is 102 cm³/mol. The summed E-state index contributed by atoms with van der Waals surface area (Å²) in [5.41, 5.74) is 0.852. The quantitative estimate of drug-likeness (QED) is 0.580. The lowest BCUT2D eigenvalue weighted by molar-refractivity contribution is 0.177. The molecule has 0 radical (unpaired) electrons. The van der Waals surface area contributed by atoms with Crippen molar-refractivity contribution in [1.82, 2.24) is 25.4 Å². The molecule has 1 unspecified atom stereocenters. The molecule has 27 heavy (non-hydrogen) atoms. The molecule has 1 aromatic carbocycles. The number of aryl methyl sites for hydroxylation is 1. The van der Waals surface area contributed by atoms with Gasteiger partial charge in [-0.25, -0.2) is 19.0 Å². The van der Waals surface area contributed by atoms with E-state index in [0.717, 1.165) is 37.3 Å². The Morgan fingerprint density at radius 3 is 3.07 bits per heavy atom. The van der Waals surface area contributed by atoms with Crippen LogP contribution < -0.4 is 10.6 Å². The van der Waals surface area contributed by atoms with E-state index in [1.807, 2.05) is 11.6 Å². The Bertz CT molecular complexity index is 809.